The quantitative estimate of drug-likeness (QED) is 0.500. The number of anilines is 1. The summed E-state index contributed by atoms with van der Waals surface area (Å²) in [5, 5.41) is 14.3. The molecule has 0 spiro atoms. The predicted molar refractivity (Wildman–Crippen MR) is 78.5 cm³/mol. The first-order valence-electron chi connectivity index (χ1n) is 6.02. The molecule has 6 heteroatoms. The van der Waals surface area contributed by atoms with E-state index in [0.29, 0.717) is 23.9 Å². The van der Waals surface area contributed by atoms with Gasteiger partial charge in [0.25, 0.3) is 5.69 Å². The van der Waals surface area contributed by atoms with Gasteiger partial charge in [-0.05, 0) is 24.3 Å². The van der Waals surface area contributed by atoms with Crippen molar-refractivity contribution in [1.82, 2.24) is 0 Å². The fourth-order valence-electron chi connectivity index (χ4n) is 1.62. The number of non-ortho nitro benzene ring substituents is 1. The normalized spacial score (nSPS) is 10.1. The molecule has 0 aliphatic rings. The van der Waals surface area contributed by atoms with Gasteiger partial charge < -0.3 is 10.1 Å². The first kappa shape index (κ1) is 14.1. The Labute approximate surface area is 121 Å². The Bertz CT molecular complexity index is 587. The molecule has 0 aromatic heterocycles. The summed E-state index contributed by atoms with van der Waals surface area (Å²) in [6, 6.07) is 13.4. The zero-order valence-corrected chi connectivity index (χ0v) is 11.3. The van der Waals surface area contributed by atoms with Crippen molar-refractivity contribution < 1.29 is 9.66 Å². The maximum absolute atomic E-state index is 10.5. The van der Waals surface area contributed by atoms with Crippen LogP contribution in [-0.2, 0) is 0 Å². The Kier molecular flexibility index (Phi) is 4.79. The number of rotatable bonds is 6. The second-order valence-electron chi connectivity index (χ2n) is 4.01. The molecule has 2 aromatic rings. The zero-order chi connectivity index (χ0) is 14.4. The van der Waals surface area contributed by atoms with Crippen molar-refractivity contribution in [2.75, 3.05) is 18.5 Å². The van der Waals surface area contributed by atoms with E-state index in [1.807, 2.05) is 18.2 Å². The van der Waals surface area contributed by atoms with Gasteiger partial charge in [-0.25, -0.2) is 0 Å². The van der Waals surface area contributed by atoms with E-state index in [2.05, 4.69) is 5.32 Å². The Hall–Kier alpha value is -2.27. The van der Waals surface area contributed by atoms with Gasteiger partial charge in [-0.2, -0.15) is 0 Å². The van der Waals surface area contributed by atoms with Gasteiger partial charge in [0.05, 0.1) is 15.6 Å². The summed E-state index contributed by atoms with van der Waals surface area (Å²) < 4.78 is 5.47. The number of para-hydroxylation sites is 1. The first-order valence-corrected chi connectivity index (χ1v) is 6.40. The highest BCUT2D eigenvalue weighted by atomic mass is 35.5. The van der Waals surface area contributed by atoms with Gasteiger partial charge in [0.2, 0.25) is 0 Å². The summed E-state index contributed by atoms with van der Waals surface area (Å²) in [4.78, 5) is 10.1. The van der Waals surface area contributed by atoms with E-state index in [1.54, 1.807) is 18.2 Å². The second-order valence-corrected chi connectivity index (χ2v) is 4.41. The van der Waals surface area contributed by atoms with E-state index in [0.717, 1.165) is 5.69 Å². The molecule has 1 N–H and O–H groups in total. The molecule has 0 aliphatic heterocycles. The molecule has 20 heavy (non-hydrogen) atoms. The van der Waals surface area contributed by atoms with Gasteiger partial charge in [0.15, 0.2) is 0 Å². The molecule has 2 aromatic carbocycles. The first-order chi connectivity index (χ1) is 9.66. The number of nitrogens with zero attached hydrogens (tertiary/aromatic N) is 1. The standard InChI is InChI=1S/C14H13ClN2O3/c15-13-3-1-2-4-14(13)16-9-10-20-12-7-5-11(6-8-12)17(18)19/h1-8,16H,9-10H2. The van der Waals surface area contributed by atoms with Crippen LogP contribution in [0.2, 0.25) is 5.02 Å². The van der Waals surface area contributed by atoms with Crippen LogP contribution in [0.4, 0.5) is 11.4 Å². The van der Waals surface area contributed by atoms with E-state index >= 15 is 0 Å². The highest BCUT2D eigenvalue weighted by Gasteiger charge is 2.04. The highest BCUT2D eigenvalue weighted by molar-refractivity contribution is 6.33. The molecule has 5 nitrogen and oxygen atoms in total. The average molecular weight is 293 g/mol. The van der Waals surface area contributed by atoms with Crippen molar-refractivity contribution in [3.8, 4) is 5.75 Å². The van der Waals surface area contributed by atoms with Gasteiger partial charge in [-0.3, -0.25) is 10.1 Å². The molecule has 104 valence electrons. The third-order valence-corrected chi connectivity index (χ3v) is 2.94. The minimum Gasteiger partial charge on any atom is -0.492 e. The van der Waals surface area contributed by atoms with Crippen LogP contribution in [-0.4, -0.2) is 18.1 Å². The summed E-state index contributed by atoms with van der Waals surface area (Å²) in [5.74, 6) is 0.594. The molecule has 0 amide bonds. The highest BCUT2D eigenvalue weighted by Crippen LogP contribution is 2.20. The Morgan fingerprint density at radius 1 is 1.15 bits per heavy atom. The molecule has 0 bridgehead atoms. The molecule has 2 rings (SSSR count). The third-order valence-electron chi connectivity index (χ3n) is 2.61. The van der Waals surface area contributed by atoms with Crippen LogP contribution in [0.15, 0.2) is 48.5 Å². The lowest BCUT2D eigenvalue weighted by molar-refractivity contribution is -0.384. The summed E-state index contributed by atoms with van der Waals surface area (Å²) in [5.41, 5.74) is 0.896. The number of halogens is 1. The van der Waals surface area contributed by atoms with Crippen molar-refractivity contribution in [3.63, 3.8) is 0 Å². The molecule has 0 radical (unpaired) electrons. The van der Waals surface area contributed by atoms with Crippen LogP contribution in [0.3, 0.4) is 0 Å². The summed E-state index contributed by atoms with van der Waals surface area (Å²) >= 11 is 6.00. The average Bonchev–Trinajstić information content (AvgIpc) is 2.46. The summed E-state index contributed by atoms with van der Waals surface area (Å²) in [6.07, 6.45) is 0. The SMILES string of the molecule is O=[N+]([O-])c1ccc(OCCNc2ccccc2Cl)cc1. The van der Waals surface area contributed by atoms with E-state index in [-0.39, 0.29) is 5.69 Å². The predicted octanol–water partition coefficient (Wildman–Crippen LogP) is 3.74. The molecule has 0 atom stereocenters. The lowest BCUT2D eigenvalue weighted by atomic mass is 10.3. The fourth-order valence-corrected chi connectivity index (χ4v) is 1.83. The van der Waals surface area contributed by atoms with Crippen molar-refractivity contribution >= 4 is 23.0 Å². The van der Waals surface area contributed by atoms with Crippen LogP contribution in [0, 0.1) is 10.1 Å². The molecule has 0 unspecified atom stereocenters. The Morgan fingerprint density at radius 2 is 1.85 bits per heavy atom. The van der Waals surface area contributed by atoms with Crippen molar-refractivity contribution in [2.24, 2.45) is 0 Å². The largest absolute Gasteiger partial charge is 0.492 e. The molecule has 0 heterocycles. The number of nitro benzene ring substituents is 1. The number of nitrogens with one attached hydrogen (secondary N) is 1. The number of benzene rings is 2. The van der Waals surface area contributed by atoms with Crippen LogP contribution in [0.1, 0.15) is 0 Å². The van der Waals surface area contributed by atoms with Gasteiger partial charge in [0, 0.05) is 18.7 Å². The lowest BCUT2D eigenvalue weighted by Gasteiger charge is -2.09. The van der Waals surface area contributed by atoms with Crippen molar-refractivity contribution in [2.45, 2.75) is 0 Å². The van der Waals surface area contributed by atoms with Crippen LogP contribution in [0.5, 0.6) is 5.75 Å². The minimum atomic E-state index is -0.442. The second kappa shape index (κ2) is 6.77. The van der Waals surface area contributed by atoms with Crippen molar-refractivity contribution in [1.29, 1.82) is 0 Å². The van der Waals surface area contributed by atoms with Gasteiger partial charge in [-0.15, -0.1) is 0 Å². The van der Waals surface area contributed by atoms with Crippen LogP contribution in [0.25, 0.3) is 0 Å². The van der Waals surface area contributed by atoms with E-state index < -0.39 is 4.92 Å². The van der Waals surface area contributed by atoms with Crippen molar-refractivity contribution in [3.05, 3.63) is 63.7 Å². The molecule has 0 fully saturated rings. The van der Waals surface area contributed by atoms with Gasteiger partial charge in [0.1, 0.15) is 12.4 Å². The number of hydrogen-bond acceptors (Lipinski definition) is 4. The molecule has 0 aliphatic carbocycles. The number of ether oxygens (including phenoxy) is 1. The molecular weight excluding hydrogens is 280 g/mol. The topological polar surface area (TPSA) is 64.4 Å². The Balaban J connectivity index is 1.79. The zero-order valence-electron chi connectivity index (χ0n) is 10.6. The smallest absolute Gasteiger partial charge is 0.269 e. The minimum absolute atomic E-state index is 0.0477. The van der Waals surface area contributed by atoms with Crippen LogP contribution >= 0.6 is 11.6 Å². The molecular formula is C14H13ClN2O3. The number of hydrogen-bond donors (Lipinski definition) is 1. The monoisotopic (exact) mass is 292 g/mol. The summed E-state index contributed by atoms with van der Waals surface area (Å²) in [6.45, 7) is 1.02. The lowest BCUT2D eigenvalue weighted by Crippen LogP contribution is -2.11. The van der Waals surface area contributed by atoms with Gasteiger partial charge in [-0.1, -0.05) is 23.7 Å². The van der Waals surface area contributed by atoms with E-state index in [4.69, 9.17) is 16.3 Å². The maximum atomic E-state index is 10.5. The molecule has 0 saturated carbocycles. The maximum Gasteiger partial charge on any atom is 0.269 e. The van der Waals surface area contributed by atoms with E-state index in [1.165, 1.54) is 12.1 Å². The summed E-state index contributed by atoms with van der Waals surface area (Å²) in [7, 11) is 0. The van der Waals surface area contributed by atoms with Crippen LogP contribution < -0.4 is 10.1 Å². The van der Waals surface area contributed by atoms with E-state index in [9.17, 15) is 10.1 Å². The van der Waals surface area contributed by atoms with Gasteiger partial charge >= 0.3 is 0 Å². The fraction of sp³-hybridized carbons (Fsp3) is 0.143. The third kappa shape index (κ3) is 3.86. The Morgan fingerprint density at radius 3 is 2.50 bits per heavy atom. The molecule has 0 saturated heterocycles. The number of nitro groups is 1.